The topological polar surface area (TPSA) is 32.3 Å². The maximum atomic E-state index is 12.8. The van der Waals surface area contributed by atoms with Gasteiger partial charge in [-0.3, -0.25) is 10.1 Å². The molecule has 21 heavy (non-hydrogen) atoms. The first-order valence-electron chi connectivity index (χ1n) is 9.02. The first-order valence-corrected chi connectivity index (χ1v) is 9.02. The van der Waals surface area contributed by atoms with Gasteiger partial charge in [-0.1, -0.05) is 53.4 Å². The Morgan fingerprint density at radius 1 is 1.29 bits per heavy atom. The molecule has 2 fully saturated rings. The van der Waals surface area contributed by atoms with Crippen LogP contribution in [0.5, 0.6) is 0 Å². The average molecular weight is 294 g/mol. The van der Waals surface area contributed by atoms with Gasteiger partial charge in [0.25, 0.3) is 0 Å². The summed E-state index contributed by atoms with van der Waals surface area (Å²) in [5, 5.41) is 3.61. The quantitative estimate of drug-likeness (QED) is 0.805. The minimum Gasteiger partial charge on any atom is -0.325 e. The second-order valence-corrected chi connectivity index (χ2v) is 7.99. The standard InChI is InChI=1S/C18H34N2O/c1-5-9-15-17(21)20(16(19-15)12-14(2)3)13-18(4)10-7-6-8-11-18/h14-16,19H,5-13H2,1-4H3. The van der Waals surface area contributed by atoms with Crippen LogP contribution in [0.2, 0.25) is 0 Å². The van der Waals surface area contributed by atoms with E-state index in [1.165, 1.54) is 32.1 Å². The lowest BCUT2D eigenvalue weighted by Gasteiger charge is -2.39. The highest BCUT2D eigenvalue weighted by atomic mass is 16.2. The summed E-state index contributed by atoms with van der Waals surface area (Å²) in [4.78, 5) is 15.0. The summed E-state index contributed by atoms with van der Waals surface area (Å²) in [6.45, 7) is 10.0. The van der Waals surface area contributed by atoms with Crippen LogP contribution in [0.3, 0.4) is 0 Å². The molecule has 2 unspecified atom stereocenters. The monoisotopic (exact) mass is 294 g/mol. The Hall–Kier alpha value is -0.570. The molecule has 122 valence electrons. The van der Waals surface area contributed by atoms with Crippen LogP contribution in [0.25, 0.3) is 0 Å². The summed E-state index contributed by atoms with van der Waals surface area (Å²) < 4.78 is 0. The van der Waals surface area contributed by atoms with Crippen LogP contribution < -0.4 is 5.32 Å². The van der Waals surface area contributed by atoms with E-state index in [9.17, 15) is 4.79 Å². The zero-order chi connectivity index (χ0) is 15.5. The molecule has 1 saturated carbocycles. The van der Waals surface area contributed by atoms with Crippen LogP contribution >= 0.6 is 0 Å². The largest absolute Gasteiger partial charge is 0.325 e. The number of carbonyl (C=O) groups excluding carboxylic acids is 1. The van der Waals surface area contributed by atoms with Crippen LogP contribution in [0, 0.1) is 11.3 Å². The zero-order valence-electron chi connectivity index (χ0n) is 14.5. The number of rotatable bonds is 6. The van der Waals surface area contributed by atoms with Gasteiger partial charge in [0, 0.05) is 6.54 Å². The van der Waals surface area contributed by atoms with E-state index in [1.807, 2.05) is 0 Å². The second-order valence-electron chi connectivity index (χ2n) is 7.99. The summed E-state index contributed by atoms with van der Waals surface area (Å²) >= 11 is 0. The van der Waals surface area contributed by atoms with Crippen molar-refractivity contribution in [2.45, 2.75) is 91.3 Å². The highest BCUT2D eigenvalue weighted by Gasteiger charge is 2.41. The maximum Gasteiger partial charge on any atom is 0.241 e. The molecule has 0 aromatic carbocycles. The second kappa shape index (κ2) is 7.13. The molecule has 1 saturated heterocycles. The molecule has 1 amide bonds. The van der Waals surface area contributed by atoms with E-state index in [0.29, 0.717) is 17.2 Å². The molecule has 1 heterocycles. The van der Waals surface area contributed by atoms with Gasteiger partial charge >= 0.3 is 0 Å². The number of amides is 1. The smallest absolute Gasteiger partial charge is 0.241 e. The van der Waals surface area contributed by atoms with E-state index in [4.69, 9.17) is 0 Å². The Morgan fingerprint density at radius 3 is 2.52 bits per heavy atom. The number of nitrogens with one attached hydrogen (secondary N) is 1. The van der Waals surface area contributed by atoms with Crippen LogP contribution in [0.4, 0.5) is 0 Å². The first-order chi connectivity index (χ1) is 9.95. The van der Waals surface area contributed by atoms with Crippen LogP contribution in [0.1, 0.15) is 79.1 Å². The molecule has 0 aromatic heterocycles. The van der Waals surface area contributed by atoms with Crippen molar-refractivity contribution in [3.8, 4) is 0 Å². The number of carbonyl (C=O) groups is 1. The van der Waals surface area contributed by atoms with Crippen molar-refractivity contribution in [3.63, 3.8) is 0 Å². The molecule has 0 spiro atoms. The Bertz CT molecular complexity index is 347. The fourth-order valence-corrected chi connectivity index (χ4v) is 4.05. The predicted molar refractivity (Wildman–Crippen MR) is 88.0 cm³/mol. The minimum atomic E-state index is 0.0611. The molecule has 0 aromatic rings. The summed E-state index contributed by atoms with van der Waals surface area (Å²) in [5.41, 5.74) is 0.339. The molecule has 2 aliphatic rings. The van der Waals surface area contributed by atoms with Crippen molar-refractivity contribution in [2.24, 2.45) is 11.3 Å². The lowest BCUT2D eigenvalue weighted by Crippen LogP contribution is -2.45. The Balaban J connectivity index is 2.06. The molecule has 3 heteroatoms. The van der Waals surface area contributed by atoms with Gasteiger partial charge in [-0.25, -0.2) is 0 Å². The van der Waals surface area contributed by atoms with Gasteiger partial charge in [0.05, 0.1) is 12.2 Å². The summed E-state index contributed by atoms with van der Waals surface area (Å²) in [6.07, 6.45) is 9.97. The first kappa shape index (κ1) is 16.8. The molecule has 1 N–H and O–H groups in total. The van der Waals surface area contributed by atoms with Crippen molar-refractivity contribution >= 4 is 5.91 Å². The van der Waals surface area contributed by atoms with Crippen molar-refractivity contribution in [1.82, 2.24) is 10.2 Å². The van der Waals surface area contributed by atoms with Crippen LogP contribution in [-0.2, 0) is 4.79 Å². The van der Waals surface area contributed by atoms with E-state index < -0.39 is 0 Å². The summed E-state index contributed by atoms with van der Waals surface area (Å²) in [5.74, 6) is 0.978. The third-order valence-corrected chi connectivity index (χ3v) is 5.24. The average Bonchev–Trinajstić information content (AvgIpc) is 2.68. The van der Waals surface area contributed by atoms with Crippen LogP contribution in [-0.4, -0.2) is 29.6 Å². The molecule has 1 aliphatic heterocycles. The molecular formula is C18H34N2O. The molecule has 1 aliphatic carbocycles. The lowest BCUT2D eigenvalue weighted by molar-refractivity contribution is -0.132. The van der Waals surface area contributed by atoms with E-state index in [0.717, 1.165) is 25.8 Å². The van der Waals surface area contributed by atoms with Gasteiger partial charge in [-0.15, -0.1) is 0 Å². The van der Waals surface area contributed by atoms with Crippen molar-refractivity contribution < 1.29 is 4.79 Å². The van der Waals surface area contributed by atoms with E-state index in [-0.39, 0.29) is 12.2 Å². The van der Waals surface area contributed by atoms with Crippen molar-refractivity contribution in [1.29, 1.82) is 0 Å². The molecular weight excluding hydrogens is 260 g/mol. The van der Waals surface area contributed by atoms with Gasteiger partial charge in [0.2, 0.25) is 5.91 Å². The Labute approximate surface area is 130 Å². The highest BCUT2D eigenvalue weighted by molar-refractivity contribution is 5.84. The molecule has 3 nitrogen and oxygen atoms in total. The van der Waals surface area contributed by atoms with E-state index >= 15 is 0 Å². The SMILES string of the molecule is CCCC1NC(CC(C)C)N(CC2(C)CCCCC2)C1=O. The number of hydrogen-bond acceptors (Lipinski definition) is 2. The predicted octanol–water partition coefficient (Wildman–Crippen LogP) is 3.93. The number of hydrogen-bond donors (Lipinski definition) is 1. The third-order valence-electron chi connectivity index (χ3n) is 5.24. The van der Waals surface area contributed by atoms with Gasteiger partial charge in [-0.05, 0) is 37.0 Å². The van der Waals surface area contributed by atoms with Gasteiger partial charge in [-0.2, -0.15) is 0 Å². The van der Waals surface area contributed by atoms with Crippen molar-refractivity contribution in [2.75, 3.05) is 6.54 Å². The van der Waals surface area contributed by atoms with Gasteiger partial charge < -0.3 is 4.90 Å². The zero-order valence-corrected chi connectivity index (χ0v) is 14.5. The van der Waals surface area contributed by atoms with Gasteiger partial charge in [0.15, 0.2) is 0 Å². The highest BCUT2D eigenvalue weighted by Crippen LogP contribution is 2.38. The Morgan fingerprint density at radius 2 is 1.95 bits per heavy atom. The fourth-order valence-electron chi connectivity index (χ4n) is 4.05. The van der Waals surface area contributed by atoms with E-state index in [2.05, 4.69) is 37.9 Å². The molecule has 2 atom stereocenters. The van der Waals surface area contributed by atoms with Crippen LogP contribution in [0.15, 0.2) is 0 Å². The Kier molecular flexibility index (Phi) is 5.70. The van der Waals surface area contributed by atoms with E-state index in [1.54, 1.807) is 0 Å². The molecule has 2 rings (SSSR count). The van der Waals surface area contributed by atoms with Gasteiger partial charge in [0.1, 0.15) is 0 Å². The van der Waals surface area contributed by atoms with Crippen molar-refractivity contribution in [3.05, 3.63) is 0 Å². The normalized spacial score (nSPS) is 29.4. The lowest BCUT2D eigenvalue weighted by atomic mass is 9.75. The minimum absolute atomic E-state index is 0.0611. The summed E-state index contributed by atoms with van der Waals surface area (Å²) in [6, 6.07) is 0.0611. The molecule has 0 bridgehead atoms. The summed E-state index contributed by atoms with van der Waals surface area (Å²) in [7, 11) is 0. The number of nitrogens with zero attached hydrogens (tertiary/aromatic N) is 1. The molecule has 0 radical (unpaired) electrons. The maximum absolute atomic E-state index is 12.8. The fraction of sp³-hybridized carbons (Fsp3) is 0.944. The third kappa shape index (κ3) is 4.21.